The van der Waals surface area contributed by atoms with Crippen molar-refractivity contribution in [2.24, 2.45) is 10.6 Å². The second-order valence-electron chi connectivity index (χ2n) is 26.3. The van der Waals surface area contributed by atoms with Crippen LogP contribution in [-0.2, 0) is 64.6 Å². The van der Waals surface area contributed by atoms with Gasteiger partial charge >= 0.3 is 23.7 Å². The second-order valence-corrected chi connectivity index (χ2v) is 29.0. The number of hydrogen-bond acceptors (Lipinski definition) is 20. The predicted octanol–water partition coefficient (Wildman–Crippen LogP) is 9.66. The minimum Gasteiger partial charge on any atom is -0.497 e. The summed E-state index contributed by atoms with van der Waals surface area (Å²) >= 11 is 9.58. The van der Waals surface area contributed by atoms with Gasteiger partial charge in [0.2, 0.25) is 5.60 Å². The Morgan fingerprint density at radius 2 is 1.33 bits per heavy atom. The molecule has 5 aliphatic heterocycles. The van der Waals surface area contributed by atoms with E-state index < -0.39 is 80.4 Å². The first-order chi connectivity index (χ1) is 44.5. The molecule has 500 valence electrons. The minimum absolute atomic E-state index is 0.0151. The fourth-order valence-corrected chi connectivity index (χ4v) is 14.1. The lowest BCUT2D eigenvalue weighted by molar-refractivity contribution is -0.941. The number of aromatic nitrogens is 3. The molecule has 24 nitrogen and oxygen atoms in total. The number of carbonyl (C=O) groups is 5. The number of carbonyl (C=O) groups excluding carboxylic acids is 5. The van der Waals surface area contributed by atoms with Crippen LogP contribution < -0.4 is 45.6 Å². The van der Waals surface area contributed by atoms with Gasteiger partial charge in [-0.25, -0.2) is 24.2 Å². The zero-order valence-electron chi connectivity index (χ0n) is 54.6. The SMILES string of the molecule is COc1ccc(COC(=O)C2=C(C[N+]34CCC(Cn5c(=O)[nH]c6cc(OCc7ccc(OC)cc7)c(OCc7ccc(OC)cc7)c(Cl)c6c5=O)(CC3)CC4)[C@H](C)S[C@@H]3[C@H](NC(=O)C(=NOC(C)(C)C(=O)OC(C)(C)C)c4csc(NC(=O)OC(C)(C)C)n4)C(=O)N23)cc1. The van der Waals surface area contributed by atoms with Crippen molar-refractivity contribution >= 4 is 86.3 Å². The van der Waals surface area contributed by atoms with Crippen LogP contribution in [0.1, 0.15) is 104 Å². The van der Waals surface area contributed by atoms with Crippen LogP contribution in [-0.4, -0.2) is 140 Å². The third-order valence-electron chi connectivity index (χ3n) is 16.8. The highest BCUT2D eigenvalue weighted by molar-refractivity contribution is 8.00. The first-order valence-corrected chi connectivity index (χ1v) is 32.8. The van der Waals surface area contributed by atoms with Crippen molar-refractivity contribution in [3.8, 4) is 28.7 Å². The molecule has 0 spiro atoms. The van der Waals surface area contributed by atoms with Crippen molar-refractivity contribution in [3.63, 3.8) is 0 Å². The number of β-lactam (4-membered cyclic amide) rings is 1. The molecule has 3 N–H and O–H groups in total. The highest BCUT2D eigenvalue weighted by atomic mass is 35.5. The largest absolute Gasteiger partial charge is 0.497 e. The lowest BCUT2D eigenvalue weighted by atomic mass is 9.70. The van der Waals surface area contributed by atoms with E-state index in [-0.39, 0.29) is 75.6 Å². The van der Waals surface area contributed by atoms with E-state index in [1.807, 2.05) is 55.5 Å². The summed E-state index contributed by atoms with van der Waals surface area (Å²) in [5.41, 5.74) is -2.28. The Morgan fingerprint density at radius 1 is 0.777 bits per heavy atom. The second kappa shape index (κ2) is 27.4. The molecular formula is C67H78ClN8O16S2+. The smallest absolute Gasteiger partial charge is 0.413 e. The Balaban J connectivity index is 0.902. The summed E-state index contributed by atoms with van der Waals surface area (Å²) < 4.78 is 47.5. The van der Waals surface area contributed by atoms with Gasteiger partial charge in [-0.15, -0.1) is 23.1 Å². The minimum atomic E-state index is -1.71. The molecule has 3 amide bonds. The Bertz CT molecular complexity index is 4030. The van der Waals surface area contributed by atoms with Gasteiger partial charge in [-0.2, -0.15) is 0 Å². The summed E-state index contributed by atoms with van der Waals surface area (Å²) in [5, 5.41) is 9.88. The number of ether oxygens (including phenoxy) is 8. The summed E-state index contributed by atoms with van der Waals surface area (Å²) in [4.78, 5) is 114. The molecule has 0 saturated carbocycles. The maximum Gasteiger partial charge on any atom is 0.413 e. The van der Waals surface area contributed by atoms with Gasteiger partial charge < -0.3 is 57.5 Å². The standard InChI is InChI=1S/C67H77ClN8O16S2/c1-38-45(32-76-28-25-67(26-29-76,27-30-76)37-74-56(78)49-46(70-62(74)82)31-48(87-33-39-13-19-42(84-10)20-14-39)54(50(49)68)88-34-40-15-21-43(85-11)22-16-40)53(59(80)89-35-41-17-23-44(86-12)24-18-41)75-57(79)52(58(75)94-38)71-55(77)51(73-92-66(8,9)60(81)90-64(2,3)4)47-36-93-61(69-47)72-63(83)91-65(5,6)7/h13-24,31,36,38,52,58H,25-30,32-35,37H2,1-12H3,(H2-,69,70,71,72,77,78,82,83)/p+1/t38-,52+,58+,67?,76?/m0/s1. The summed E-state index contributed by atoms with van der Waals surface area (Å²) in [7, 11) is 4.71. The van der Waals surface area contributed by atoms with E-state index in [0.717, 1.165) is 22.5 Å². The lowest BCUT2D eigenvalue weighted by Gasteiger charge is -2.56. The van der Waals surface area contributed by atoms with E-state index in [9.17, 15) is 33.6 Å². The monoisotopic (exact) mass is 1350 g/mol. The van der Waals surface area contributed by atoms with Gasteiger partial charge in [0.25, 0.3) is 17.4 Å². The number of benzene rings is 4. The average molecular weight is 1350 g/mol. The van der Waals surface area contributed by atoms with Gasteiger partial charge in [0.05, 0.1) is 51.9 Å². The van der Waals surface area contributed by atoms with Gasteiger partial charge in [-0.3, -0.25) is 29.2 Å². The van der Waals surface area contributed by atoms with Gasteiger partial charge in [0, 0.05) is 53.5 Å². The number of H-pyrrole nitrogens is 1. The number of thiazole rings is 1. The summed E-state index contributed by atoms with van der Waals surface area (Å²) in [6, 6.07) is 22.1. The normalized spacial score (nSPS) is 20.4. The number of piperidine rings is 3. The van der Waals surface area contributed by atoms with Crippen LogP contribution in [0.5, 0.6) is 28.7 Å². The molecule has 4 fully saturated rings. The number of aromatic amines is 1. The maximum absolute atomic E-state index is 14.8. The third kappa shape index (κ3) is 15.3. The molecule has 0 aliphatic carbocycles. The van der Waals surface area contributed by atoms with Gasteiger partial charge in [-0.05, 0) is 115 Å². The van der Waals surface area contributed by atoms with Gasteiger partial charge in [0.1, 0.15) is 82.6 Å². The molecule has 7 heterocycles. The Morgan fingerprint density at radius 3 is 1.88 bits per heavy atom. The number of nitrogens with one attached hydrogen (secondary N) is 3. The van der Waals surface area contributed by atoms with E-state index in [0.29, 0.717) is 78.3 Å². The number of quaternary nitrogens is 1. The number of anilines is 1. The summed E-state index contributed by atoms with van der Waals surface area (Å²) in [6.45, 7) is 17.4. The van der Waals surface area contributed by atoms with E-state index in [1.54, 1.807) is 93.2 Å². The number of thioether (sulfide) groups is 1. The average Bonchev–Trinajstić information content (AvgIpc) is 0.759. The fourth-order valence-electron chi connectivity index (χ4n) is 11.6. The van der Waals surface area contributed by atoms with Gasteiger partial charge in [0.15, 0.2) is 22.3 Å². The van der Waals surface area contributed by atoms with Crippen LogP contribution in [0.25, 0.3) is 10.9 Å². The van der Waals surface area contributed by atoms with Crippen molar-refractivity contribution in [2.45, 2.75) is 141 Å². The Kier molecular flexibility index (Phi) is 19.9. The third-order valence-corrected chi connectivity index (χ3v) is 19.4. The number of fused-ring (bicyclic) bond motifs is 5. The first-order valence-electron chi connectivity index (χ1n) is 30.6. The van der Waals surface area contributed by atoms with Crippen LogP contribution >= 0.6 is 34.7 Å². The Labute approximate surface area is 556 Å². The molecule has 27 heteroatoms. The molecule has 0 radical (unpaired) electrons. The van der Waals surface area contributed by atoms with Crippen LogP contribution in [0.3, 0.4) is 0 Å². The van der Waals surface area contributed by atoms with Crippen molar-refractivity contribution in [2.75, 3.05) is 52.8 Å². The maximum atomic E-state index is 14.8. The Hall–Kier alpha value is -8.59. The van der Waals surface area contributed by atoms with Crippen LogP contribution in [0.2, 0.25) is 5.02 Å². The molecule has 2 bridgehead atoms. The number of methoxy groups -OCH3 is 3. The number of rotatable bonds is 23. The van der Waals surface area contributed by atoms with E-state index >= 15 is 0 Å². The van der Waals surface area contributed by atoms with Crippen molar-refractivity contribution in [3.05, 3.63) is 144 Å². The number of nitrogens with zero attached hydrogens (tertiary/aromatic N) is 5. The van der Waals surface area contributed by atoms with E-state index in [1.165, 1.54) is 40.5 Å². The lowest BCUT2D eigenvalue weighted by Crippen LogP contribution is -2.72. The van der Waals surface area contributed by atoms with Crippen molar-refractivity contribution < 1.29 is 71.2 Å². The van der Waals surface area contributed by atoms with Crippen molar-refractivity contribution in [1.29, 1.82) is 0 Å². The van der Waals surface area contributed by atoms with Crippen molar-refractivity contribution in [1.82, 2.24) is 24.8 Å². The van der Waals surface area contributed by atoms with Crippen LogP contribution in [0.15, 0.2) is 110 Å². The fraction of sp³-hybridized carbons (Fsp3) is 0.448. The zero-order valence-corrected chi connectivity index (χ0v) is 56.9. The summed E-state index contributed by atoms with van der Waals surface area (Å²) in [5.74, 6) is -0.679. The number of hydrogen-bond donors (Lipinski definition) is 3. The molecule has 2 aromatic heterocycles. The van der Waals surface area contributed by atoms with Crippen LogP contribution in [0, 0.1) is 5.41 Å². The highest BCUT2D eigenvalue weighted by Crippen LogP contribution is 2.50. The van der Waals surface area contributed by atoms with E-state index in [4.69, 9.17) is 54.3 Å². The topological polar surface area (TPSA) is 276 Å². The molecule has 4 aromatic carbocycles. The number of amides is 3. The number of esters is 2. The molecule has 0 unspecified atom stereocenters. The molecule has 4 saturated heterocycles. The number of halogens is 1. The van der Waals surface area contributed by atoms with E-state index in [2.05, 4.69) is 25.8 Å². The first kappa shape index (κ1) is 68.3. The number of oxime groups is 1. The molecule has 11 rings (SSSR count). The highest BCUT2D eigenvalue weighted by Gasteiger charge is 2.58. The molecule has 3 atom stereocenters. The predicted molar refractivity (Wildman–Crippen MR) is 353 cm³/mol. The molecule has 6 aromatic rings. The molecule has 94 heavy (non-hydrogen) atoms. The molecular weight excluding hydrogens is 1270 g/mol. The van der Waals surface area contributed by atoms with Gasteiger partial charge in [-0.1, -0.05) is 53.2 Å². The molecule has 5 aliphatic rings. The summed E-state index contributed by atoms with van der Waals surface area (Å²) in [6.07, 6.45) is 1.09. The zero-order chi connectivity index (χ0) is 67.7. The quantitative estimate of drug-likeness (QED) is 0.0134. The van der Waals surface area contributed by atoms with Crippen LogP contribution in [0.4, 0.5) is 9.93 Å².